The highest BCUT2D eigenvalue weighted by Gasteiger charge is 2.40. The zero-order valence-electron chi connectivity index (χ0n) is 17.3. The van der Waals surface area contributed by atoms with Crippen molar-refractivity contribution in [1.29, 1.82) is 0 Å². The molecule has 1 aliphatic rings. The molecule has 2 atom stereocenters. The minimum Gasteiger partial charge on any atom is -0.622 e. The molecule has 0 radical (unpaired) electrons. The van der Waals surface area contributed by atoms with Gasteiger partial charge in [-0.2, -0.15) is 9.51 Å². The Hall–Kier alpha value is -2.52. The number of benzene rings is 1. The van der Waals surface area contributed by atoms with Gasteiger partial charge >= 0.3 is 19.6 Å². The first-order valence-corrected chi connectivity index (χ1v) is 11.8. The van der Waals surface area contributed by atoms with Crippen molar-refractivity contribution < 1.29 is 28.2 Å². The number of rotatable bonds is 9. The number of para-hydroxylation sites is 1. The van der Waals surface area contributed by atoms with E-state index in [4.69, 9.17) is 24.3 Å². The summed E-state index contributed by atoms with van der Waals surface area (Å²) in [6.07, 6.45) is 3.41. The van der Waals surface area contributed by atoms with E-state index in [-0.39, 0.29) is 36.6 Å². The molecule has 1 saturated heterocycles. The summed E-state index contributed by atoms with van der Waals surface area (Å²) in [6, 6.07) is 7.88. The summed E-state index contributed by atoms with van der Waals surface area (Å²) in [7, 11) is -3.65. The normalized spacial score (nSPS) is 20.9. The van der Waals surface area contributed by atoms with Gasteiger partial charge in [-0.1, -0.05) is 31.9 Å². The van der Waals surface area contributed by atoms with Crippen molar-refractivity contribution in [2.75, 3.05) is 25.3 Å². The second-order valence-electron chi connectivity index (χ2n) is 7.04. The number of ether oxygens (including phenoxy) is 2. The fourth-order valence-electron chi connectivity index (χ4n) is 2.90. The van der Waals surface area contributed by atoms with Crippen LogP contribution in [-0.2, 0) is 20.5 Å². The van der Waals surface area contributed by atoms with Gasteiger partial charge < -0.3 is 24.6 Å². The minimum absolute atomic E-state index is 0.0578. The Labute approximate surface area is 180 Å². The summed E-state index contributed by atoms with van der Waals surface area (Å²) in [5.41, 5.74) is 5.13. The van der Waals surface area contributed by atoms with Gasteiger partial charge in [0.05, 0.1) is 13.2 Å². The van der Waals surface area contributed by atoms with Crippen molar-refractivity contribution in [3.05, 3.63) is 52.6 Å². The Morgan fingerprint density at radius 3 is 2.87 bits per heavy atom. The third-order valence-corrected chi connectivity index (χ3v) is 6.03. The Balaban J connectivity index is 1.58. The van der Waals surface area contributed by atoms with Crippen molar-refractivity contribution in [3.63, 3.8) is 0 Å². The largest absolute Gasteiger partial charge is 0.622 e. The van der Waals surface area contributed by atoms with Crippen LogP contribution in [0.4, 0.5) is 5.82 Å². The molecular weight excluding hydrogens is 425 g/mol. The first kappa shape index (κ1) is 23.1. The van der Waals surface area contributed by atoms with Crippen molar-refractivity contribution in [2.24, 2.45) is 0 Å². The lowest BCUT2D eigenvalue weighted by Crippen LogP contribution is -2.39. The highest BCUT2D eigenvalue weighted by Crippen LogP contribution is 2.55. The van der Waals surface area contributed by atoms with Crippen LogP contribution >= 0.6 is 7.94 Å². The molecule has 3 rings (SSSR count). The molecule has 2 heterocycles. The Morgan fingerprint density at radius 1 is 1.35 bits per heavy atom. The quantitative estimate of drug-likeness (QED) is 0.343. The number of carbonyl (C=O) groups is 1. The van der Waals surface area contributed by atoms with Gasteiger partial charge in [-0.05, 0) is 24.6 Å². The van der Waals surface area contributed by atoms with Crippen LogP contribution in [0.3, 0.4) is 0 Å². The maximum atomic E-state index is 13.0. The average Bonchev–Trinajstić information content (AvgIpc) is 2.75. The monoisotopic (exact) mass is 451 g/mol. The first-order chi connectivity index (χ1) is 14.9. The van der Waals surface area contributed by atoms with Gasteiger partial charge in [0.15, 0.2) is 5.75 Å². The predicted octanol–water partition coefficient (Wildman–Crippen LogP) is 1.75. The van der Waals surface area contributed by atoms with Gasteiger partial charge in [-0.3, -0.25) is 4.57 Å². The van der Waals surface area contributed by atoms with Gasteiger partial charge in [0.1, 0.15) is 24.1 Å². The molecule has 1 aliphatic heterocycles. The van der Waals surface area contributed by atoms with Crippen molar-refractivity contribution >= 4 is 19.7 Å². The van der Waals surface area contributed by atoms with Crippen molar-refractivity contribution in [1.82, 2.24) is 9.55 Å². The lowest BCUT2D eigenvalue weighted by molar-refractivity contribution is -0.229. The van der Waals surface area contributed by atoms with Gasteiger partial charge in [-0.25, -0.2) is 9.59 Å². The topological polar surface area (TPSA) is 138 Å². The standard InChI is InChI=1S/C20H26N3O7P/c1-2-3-6-11-27-19(24)16-7-4-5-8-17(16)30-31(26)14-28-15(13-29-31)12-23-10-9-18(21)22-20(23)25/h4-5,7-10,15H,2-3,6,11-14H2,1H3,(H2,21,22,25). The third kappa shape index (κ3) is 6.48. The van der Waals surface area contributed by atoms with Gasteiger partial charge in [0.25, 0.3) is 0 Å². The van der Waals surface area contributed by atoms with Crippen molar-refractivity contribution in [2.45, 2.75) is 38.8 Å². The van der Waals surface area contributed by atoms with Crippen LogP contribution in [0, 0.1) is 0 Å². The van der Waals surface area contributed by atoms with E-state index in [1.807, 2.05) is 0 Å². The van der Waals surface area contributed by atoms with E-state index in [1.165, 1.54) is 29.0 Å². The summed E-state index contributed by atoms with van der Waals surface area (Å²) in [6.45, 7) is 2.47. The number of hydrogen-bond donors (Lipinski definition) is 1. The second kappa shape index (κ2) is 10.7. The van der Waals surface area contributed by atoms with E-state index in [0.29, 0.717) is 6.61 Å². The maximum Gasteiger partial charge on any atom is 0.349 e. The lowest BCUT2D eigenvalue weighted by Gasteiger charge is -2.34. The smallest absolute Gasteiger partial charge is 0.349 e. The summed E-state index contributed by atoms with van der Waals surface area (Å²) < 4.78 is 23.2. The number of esters is 1. The molecule has 10 nitrogen and oxygen atoms in total. The summed E-state index contributed by atoms with van der Waals surface area (Å²) in [4.78, 5) is 40.8. The number of nitrogen functional groups attached to an aromatic ring is 1. The lowest BCUT2D eigenvalue weighted by atomic mass is 10.2. The zero-order chi connectivity index (χ0) is 22.3. The van der Waals surface area contributed by atoms with E-state index in [0.717, 1.165) is 19.3 Å². The van der Waals surface area contributed by atoms with Crippen LogP contribution in [0.2, 0.25) is 0 Å². The molecule has 1 fully saturated rings. The third-order valence-electron chi connectivity index (χ3n) is 4.55. The molecule has 0 spiro atoms. The number of hydrogen-bond acceptors (Lipinski definition) is 9. The van der Waals surface area contributed by atoms with Crippen LogP contribution in [0.25, 0.3) is 0 Å². The number of carbonyl (C=O) groups excluding carboxylic acids is 1. The highest BCUT2D eigenvalue weighted by atomic mass is 31.2. The number of aromatic nitrogens is 2. The van der Waals surface area contributed by atoms with Crippen LogP contribution in [0.15, 0.2) is 41.3 Å². The summed E-state index contributed by atoms with van der Waals surface area (Å²) >= 11 is 0. The molecule has 0 aliphatic carbocycles. The predicted molar refractivity (Wildman–Crippen MR) is 112 cm³/mol. The van der Waals surface area contributed by atoms with E-state index >= 15 is 0 Å². The molecular formula is C20H26N3O7P. The van der Waals surface area contributed by atoms with E-state index in [1.54, 1.807) is 12.1 Å². The zero-order valence-corrected chi connectivity index (χ0v) is 18.2. The Kier molecular flexibility index (Phi) is 7.97. The fraction of sp³-hybridized carbons (Fsp3) is 0.450. The molecule has 2 unspecified atom stereocenters. The summed E-state index contributed by atoms with van der Waals surface area (Å²) in [5.74, 6) is -0.320. The Bertz CT molecular complexity index is 944. The van der Waals surface area contributed by atoms with E-state index in [2.05, 4.69) is 11.9 Å². The maximum absolute atomic E-state index is 13.0. The molecule has 31 heavy (non-hydrogen) atoms. The molecule has 2 aromatic rings. The minimum atomic E-state index is -3.65. The molecule has 2 N–H and O–H groups in total. The van der Waals surface area contributed by atoms with E-state index in [9.17, 15) is 14.5 Å². The average molecular weight is 451 g/mol. The fourth-order valence-corrected chi connectivity index (χ4v) is 4.32. The summed E-state index contributed by atoms with van der Waals surface area (Å²) in [5, 5.41) is 0. The SMILES string of the molecule is CCCCCOC(=O)c1ccccc1O[P+]1([O-])COC(Cn2ccc(N)nc2=O)CO1. The van der Waals surface area contributed by atoms with Gasteiger partial charge in [-0.15, -0.1) is 0 Å². The number of nitrogens with two attached hydrogens (primary N) is 1. The second-order valence-corrected chi connectivity index (χ2v) is 8.96. The van der Waals surface area contributed by atoms with Crippen molar-refractivity contribution in [3.8, 4) is 5.75 Å². The number of unbranched alkanes of at least 4 members (excludes halogenated alkanes) is 2. The van der Waals surface area contributed by atoms with Crippen LogP contribution in [0.1, 0.15) is 36.5 Å². The Morgan fingerprint density at radius 2 is 2.16 bits per heavy atom. The first-order valence-electron chi connectivity index (χ1n) is 10.0. The molecule has 0 amide bonds. The highest BCUT2D eigenvalue weighted by molar-refractivity contribution is 7.59. The molecule has 0 bridgehead atoms. The van der Waals surface area contributed by atoms with Crippen LogP contribution < -0.4 is 20.8 Å². The van der Waals surface area contributed by atoms with Crippen LogP contribution in [-0.4, -0.2) is 41.2 Å². The number of nitrogens with zero attached hydrogens (tertiary/aromatic N) is 2. The molecule has 168 valence electrons. The molecule has 0 saturated carbocycles. The van der Waals surface area contributed by atoms with E-state index < -0.39 is 25.7 Å². The molecule has 11 heteroatoms. The van der Waals surface area contributed by atoms with Crippen LogP contribution in [0.5, 0.6) is 5.75 Å². The number of anilines is 1. The molecule has 1 aromatic heterocycles. The molecule has 1 aromatic carbocycles. The van der Waals surface area contributed by atoms with Gasteiger partial charge in [0, 0.05) is 6.20 Å². The van der Waals surface area contributed by atoms with Gasteiger partial charge in [0.2, 0.25) is 6.35 Å².